The van der Waals surface area contributed by atoms with E-state index in [0.717, 1.165) is 5.56 Å². The Hall–Kier alpha value is -1.16. The number of rotatable bonds is 5. The van der Waals surface area contributed by atoms with E-state index in [2.05, 4.69) is 0 Å². The van der Waals surface area contributed by atoms with E-state index in [4.69, 9.17) is 0 Å². The fourth-order valence-corrected chi connectivity index (χ4v) is 3.55. The number of hydrogen-bond donors (Lipinski definition) is 0. The van der Waals surface area contributed by atoms with E-state index >= 15 is 0 Å². The summed E-state index contributed by atoms with van der Waals surface area (Å²) in [6.07, 6.45) is 1.13. The third-order valence-electron chi connectivity index (χ3n) is 2.96. The molecule has 0 radical (unpaired) electrons. The second-order valence-corrected chi connectivity index (χ2v) is 8.35. The molecule has 0 aliphatic heterocycles. The molecule has 0 amide bonds. The summed E-state index contributed by atoms with van der Waals surface area (Å²) in [5.41, 5.74) is 0.942. The maximum Gasteiger partial charge on any atom is 0.158 e. The quantitative estimate of drug-likeness (QED) is 0.770. The van der Waals surface area contributed by atoms with Gasteiger partial charge in [-0.3, -0.25) is 0 Å². The van der Waals surface area contributed by atoms with Crippen molar-refractivity contribution in [1.29, 1.82) is 0 Å². The average molecular weight is 268 g/mol. The monoisotopic (exact) mass is 268 g/mol. The van der Waals surface area contributed by atoms with Crippen molar-refractivity contribution >= 4 is 16.1 Å². The molecule has 3 nitrogen and oxygen atoms in total. The lowest BCUT2D eigenvalue weighted by Crippen LogP contribution is -2.38. The molecular weight excluding hydrogens is 248 g/mol. The molecule has 1 rings (SSSR count). The van der Waals surface area contributed by atoms with Crippen LogP contribution in [0.4, 0.5) is 0 Å². The van der Waals surface area contributed by atoms with Crippen LogP contribution >= 0.6 is 0 Å². The predicted molar refractivity (Wildman–Crippen MR) is 73.3 cm³/mol. The summed E-state index contributed by atoms with van der Waals surface area (Å²) in [6.45, 7) is 5.02. The van der Waals surface area contributed by atoms with Crippen LogP contribution in [0.3, 0.4) is 0 Å². The maximum absolute atomic E-state index is 12.4. The highest BCUT2D eigenvalue weighted by Gasteiger charge is 2.36. The summed E-state index contributed by atoms with van der Waals surface area (Å²) in [5, 5.41) is -0.641. The van der Waals surface area contributed by atoms with E-state index in [-0.39, 0.29) is 6.42 Å². The van der Waals surface area contributed by atoms with E-state index in [0.29, 0.717) is 12.7 Å². The van der Waals surface area contributed by atoms with Gasteiger partial charge in [0.2, 0.25) is 0 Å². The summed E-state index contributed by atoms with van der Waals surface area (Å²) in [7, 11) is -3.33. The highest BCUT2D eigenvalue weighted by molar-refractivity contribution is 7.93. The van der Waals surface area contributed by atoms with Crippen molar-refractivity contribution in [1.82, 2.24) is 0 Å². The zero-order valence-corrected chi connectivity index (χ0v) is 11.9. The molecule has 0 N–H and O–H groups in total. The SMILES string of the molecule is CC(C)(C)S(=O)(=O)C(CC=O)Cc1ccccc1. The molecule has 0 aliphatic carbocycles. The van der Waals surface area contributed by atoms with Gasteiger partial charge in [0.15, 0.2) is 9.84 Å². The van der Waals surface area contributed by atoms with Crippen LogP contribution < -0.4 is 0 Å². The fourth-order valence-electron chi connectivity index (χ4n) is 1.80. The summed E-state index contributed by atoms with van der Waals surface area (Å²) >= 11 is 0. The van der Waals surface area contributed by atoms with Gasteiger partial charge in [-0.15, -0.1) is 0 Å². The summed E-state index contributed by atoms with van der Waals surface area (Å²) in [4.78, 5) is 10.7. The topological polar surface area (TPSA) is 51.2 Å². The highest BCUT2D eigenvalue weighted by Crippen LogP contribution is 2.24. The van der Waals surface area contributed by atoms with Gasteiger partial charge in [-0.2, -0.15) is 0 Å². The molecule has 1 aromatic carbocycles. The molecule has 0 bridgehead atoms. The van der Waals surface area contributed by atoms with Crippen molar-refractivity contribution < 1.29 is 13.2 Å². The minimum Gasteiger partial charge on any atom is -0.303 e. The maximum atomic E-state index is 12.4. The van der Waals surface area contributed by atoms with Crippen LogP contribution in [-0.2, 0) is 21.1 Å². The van der Waals surface area contributed by atoms with Gasteiger partial charge in [0, 0.05) is 6.42 Å². The lowest BCUT2D eigenvalue weighted by molar-refractivity contribution is -0.107. The zero-order valence-electron chi connectivity index (χ0n) is 11.1. The molecule has 1 atom stereocenters. The predicted octanol–water partition coefficient (Wildman–Crippen LogP) is 2.40. The molecule has 0 saturated heterocycles. The number of aldehydes is 1. The first-order valence-electron chi connectivity index (χ1n) is 6.00. The van der Waals surface area contributed by atoms with Crippen molar-refractivity contribution in [2.75, 3.05) is 0 Å². The second-order valence-electron chi connectivity index (χ2n) is 5.37. The molecule has 0 aromatic heterocycles. The molecule has 0 saturated carbocycles. The number of benzene rings is 1. The molecular formula is C14H20O3S. The molecule has 1 aromatic rings. The zero-order chi connectivity index (χ0) is 13.8. The molecule has 0 spiro atoms. The van der Waals surface area contributed by atoms with Gasteiger partial charge in [0.1, 0.15) is 6.29 Å². The van der Waals surface area contributed by atoms with Gasteiger partial charge in [-0.1, -0.05) is 30.3 Å². The Balaban J connectivity index is 3.01. The standard InChI is InChI=1S/C14H20O3S/c1-14(2,3)18(16,17)13(9-10-15)11-12-7-5-4-6-8-12/h4-8,10,13H,9,11H2,1-3H3. The summed E-state index contributed by atoms with van der Waals surface area (Å²) < 4.78 is 23.9. The largest absolute Gasteiger partial charge is 0.303 e. The van der Waals surface area contributed by atoms with Gasteiger partial charge >= 0.3 is 0 Å². The van der Waals surface area contributed by atoms with Crippen LogP contribution in [0.5, 0.6) is 0 Å². The fraction of sp³-hybridized carbons (Fsp3) is 0.500. The molecule has 1 unspecified atom stereocenters. The van der Waals surface area contributed by atoms with E-state index in [1.807, 2.05) is 30.3 Å². The van der Waals surface area contributed by atoms with E-state index in [1.165, 1.54) is 0 Å². The normalized spacial score (nSPS) is 14.2. The Labute approximate surface area is 109 Å². The summed E-state index contributed by atoms with van der Waals surface area (Å²) in [6, 6.07) is 9.40. The van der Waals surface area contributed by atoms with Gasteiger partial charge < -0.3 is 4.79 Å². The van der Waals surface area contributed by atoms with Crippen LogP contribution in [0.1, 0.15) is 32.8 Å². The van der Waals surface area contributed by atoms with Crippen LogP contribution in [0.25, 0.3) is 0 Å². The van der Waals surface area contributed by atoms with Crippen molar-refractivity contribution in [3.05, 3.63) is 35.9 Å². The Morgan fingerprint density at radius 2 is 1.72 bits per heavy atom. The van der Waals surface area contributed by atoms with Gasteiger partial charge in [-0.05, 0) is 32.8 Å². The van der Waals surface area contributed by atoms with Crippen LogP contribution in [-0.4, -0.2) is 24.7 Å². The van der Waals surface area contributed by atoms with Crippen LogP contribution in [0, 0.1) is 0 Å². The van der Waals surface area contributed by atoms with Crippen molar-refractivity contribution in [2.24, 2.45) is 0 Å². The Morgan fingerprint density at radius 1 is 1.17 bits per heavy atom. The number of carbonyl (C=O) groups is 1. The molecule has 0 fully saturated rings. The molecule has 4 heteroatoms. The second kappa shape index (κ2) is 5.65. The number of hydrogen-bond acceptors (Lipinski definition) is 3. The Kier molecular flexibility index (Phi) is 4.68. The minimum absolute atomic E-state index is 0.0501. The van der Waals surface area contributed by atoms with Gasteiger partial charge in [-0.25, -0.2) is 8.42 Å². The van der Waals surface area contributed by atoms with Crippen LogP contribution in [0.2, 0.25) is 0 Å². The highest BCUT2D eigenvalue weighted by atomic mass is 32.2. The smallest absolute Gasteiger partial charge is 0.158 e. The van der Waals surface area contributed by atoms with Gasteiger partial charge in [0.25, 0.3) is 0 Å². The van der Waals surface area contributed by atoms with Gasteiger partial charge in [0.05, 0.1) is 10.00 Å². The van der Waals surface area contributed by atoms with E-state index < -0.39 is 19.8 Å². The Morgan fingerprint density at radius 3 is 2.17 bits per heavy atom. The van der Waals surface area contributed by atoms with Crippen molar-refractivity contribution in [3.63, 3.8) is 0 Å². The lowest BCUT2D eigenvalue weighted by atomic mass is 10.1. The lowest BCUT2D eigenvalue weighted by Gasteiger charge is -2.25. The first kappa shape index (κ1) is 14.9. The number of carbonyl (C=O) groups excluding carboxylic acids is 1. The van der Waals surface area contributed by atoms with E-state index in [9.17, 15) is 13.2 Å². The average Bonchev–Trinajstić information content (AvgIpc) is 2.28. The number of sulfone groups is 1. The molecule has 100 valence electrons. The first-order valence-corrected chi connectivity index (χ1v) is 7.54. The third kappa shape index (κ3) is 3.42. The molecule has 18 heavy (non-hydrogen) atoms. The minimum atomic E-state index is -3.33. The van der Waals surface area contributed by atoms with Crippen LogP contribution in [0.15, 0.2) is 30.3 Å². The van der Waals surface area contributed by atoms with Crippen molar-refractivity contribution in [2.45, 2.75) is 43.6 Å². The molecule has 0 heterocycles. The summed E-state index contributed by atoms with van der Waals surface area (Å²) in [5.74, 6) is 0. The molecule has 0 aliphatic rings. The van der Waals surface area contributed by atoms with E-state index in [1.54, 1.807) is 20.8 Å². The third-order valence-corrected chi connectivity index (χ3v) is 5.90. The van der Waals surface area contributed by atoms with Crippen molar-refractivity contribution in [3.8, 4) is 0 Å². The first-order chi connectivity index (χ1) is 8.29. The Bertz CT molecular complexity index is 484.